The molecule has 0 aliphatic carbocycles. The van der Waals surface area contributed by atoms with Gasteiger partial charge >= 0.3 is 12.6 Å². The summed E-state index contributed by atoms with van der Waals surface area (Å²) in [7, 11) is 0. The molecule has 1 aliphatic rings. The van der Waals surface area contributed by atoms with Gasteiger partial charge in [0.15, 0.2) is 0 Å². The molecule has 1 fully saturated rings. The van der Waals surface area contributed by atoms with Crippen molar-refractivity contribution in [3.63, 3.8) is 0 Å². The number of hydrogen-bond donors (Lipinski definition) is 0. The number of ether oxygens (including phenoxy) is 2. The van der Waals surface area contributed by atoms with Gasteiger partial charge in [0.05, 0.1) is 18.3 Å². The van der Waals surface area contributed by atoms with Gasteiger partial charge in [-0.25, -0.2) is 13.7 Å². The lowest BCUT2D eigenvalue weighted by molar-refractivity contribution is -0.0498. The van der Waals surface area contributed by atoms with Crippen molar-refractivity contribution in [3.8, 4) is 5.75 Å². The summed E-state index contributed by atoms with van der Waals surface area (Å²) in [4.78, 5) is 14.2. The number of esters is 1. The lowest BCUT2D eigenvalue weighted by Gasteiger charge is -2.17. The first kappa shape index (κ1) is 21.5. The number of hydrogen-bond acceptors (Lipinski definition) is 5. The number of anilines is 1. The summed E-state index contributed by atoms with van der Waals surface area (Å²) in [5, 5.41) is 4.19. The average Bonchev–Trinajstić information content (AvgIpc) is 3.39. The van der Waals surface area contributed by atoms with Crippen LogP contribution in [0.25, 0.3) is 5.52 Å². The van der Waals surface area contributed by atoms with E-state index in [1.54, 1.807) is 17.6 Å². The number of carbonyl (C=O) groups is 1. The number of carbonyl (C=O) groups excluding carboxylic acids is 1. The molecule has 1 saturated heterocycles. The van der Waals surface area contributed by atoms with Gasteiger partial charge in [-0.2, -0.15) is 13.9 Å². The molecule has 160 valence electrons. The van der Waals surface area contributed by atoms with Crippen LogP contribution in [0.2, 0.25) is 0 Å². The molecule has 0 spiro atoms. The van der Waals surface area contributed by atoms with Crippen molar-refractivity contribution in [1.29, 1.82) is 0 Å². The molecule has 3 aromatic rings. The lowest BCUT2D eigenvalue weighted by atomic mass is 10.2. The Labute approximate surface area is 171 Å². The first-order valence-corrected chi connectivity index (χ1v) is 9.57. The maximum Gasteiger partial charge on any atom is 0.387 e. The third-order valence-electron chi connectivity index (χ3n) is 4.51. The molecule has 0 saturated carbocycles. The molecule has 1 aliphatic heterocycles. The van der Waals surface area contributed by atoms with Gasteiger partial charge in [0.25, 0.3) is 0 Å². The highest BCUT2D eigenvalue weighted by Crippen LogP contribution is 2.23. The molecule has 0 radical (unpaired) electrons. The van der Waals surface area contributed by atoms with Gasteiger partial charge in [-0.1, -0.05) is 0 Å². The first-order valence-electron chi connectivity index (χ1n) is 9.57. The zero-order valence-electron chi connectivity index (χ0n) is 16.4. The Morgan fingerprint density at radius 3 is 2.50 bits per heavy atom. The summed E-state index contributed by atoms with van der Waals surface area (Å²) in [5.74, 6) is -0.830. The van der Waals surface area contributed by atoms with Crippen molar-refractivity contribution < 1.29 is 27.4 Å². The highest BCUT2D eigenvalue weighted by Gasteiger charge is 2.17. The maximum absolute atomic E-state index is 12.2. The topological polar surface area (TPSA) is 56.1 Å². The molecule has 3 heterocycles. The van der Waals surface area contributed by atoms with E-state index in [2.05, 4.69) is 14.7 Å². The van der Waals surface area contributed by atoms with Crippen LogP contribution in [-0.2, 0) is 4.74 Å². The molecule has 6 nitrogen and oxygen atoms in total. The van der Waals surface area contributed by atoms with Crippen LogP contribution < -0.4 is 9.64 Å². The number of halogens is 3. The van der Waals surface area contributed by atoms with Crippen molar-refractivity contribution in [2.24, 2.45) is 0 Å². The van der Waals surface area contributed by atoms with Crippen molar-refractivity contribution in [1.82, 2.24) is 9.61 Å². The molecule has 2 aromatic heterocycles. The highest BCUT2D eigenvalue weighted by atomic mass is 19.3. The van der Waals surface area contributed by atoms with Crippen LogP contribution >= 0.6 is 0 Å². The third-order valence-corrected chi connectivity index (χ3v) is 4.51. The van der Waals surface area contributed by atoms with Crippen LogP contribution in [0.3, 0.4) is 0 Å². The monoisotopic (exact) mass is 421 g/mol. The predicted molar refractivity (Wildman–Crippen MR) is 106 cm³/mol. The molecular weight excluding hydrogens is 399 g/mol. The standard InChI is InChI=1S/C14H17N3O2.C7H5F3O/c1-2-19-14(18)12-10-15-17-8-5-11(9-13(12)17)16-6-3-4-7-16;8-5-1-3-6(4-2-5)11-7(9)10/h5,8-10H,2-4,6-7H2,1H3;1-4,7H. The minimum absolute atomic E-state index is 0.0404. The fraction of sp³-hybridized carbons (Fsp3) is 0.333. The molecule has 0 bridgehead atoms. The minimum atomic E-state index is -2.86. The van der Waals surface area contributed by atoms with Gasteiger partial charge < -0.3 is 14.4 Å². The fourth-order valence-corrected chi connectivity index (χ4v) is 3.12. The van der Waals surface area contributed by atoms with Crippen LogP contribution in [0, 0.1) is 5.82 Å². The molecule has 0 amide bonds. The summed E-state index contributed by atoms with van der Waals surface area (Å²) in [6.45, 7) is 1.49. The van der Waals surface area contributed by atoms with E-state index in [0.29, 0.717) is 12.2 Å². The number of fused-ring (bicyclic) bond motifs is 1. The molecular formula is C21H22F3N3O3. The molecule has 30 heavy (non-hydrogen) atoms. The van der Waals surface area contributed by atoms with Gasteiger partial charge in [0.1, 0.15) is 17.1 Å². The lowest BCUT2D eigenvalue weighted by Crippen LogP contribution is -2.17. The second kappa shape index (κ2) is 10.00. The first-order chi connectivity index (χ1) is 14.5. The fourth-order valence-electron chi connectivity index (χ4n) is 3.12. The van der Waals surface area contributed by atoms with E-state index < -0.39 is 12.4 Å². The van der Waals surface area contributed by atoms with E-state index in [4.69, 9.17) is 4.74 Å². The summed E-state index contributed by atoms with van der Waals surface area (Å²) >= 11 is 0. The van der Waals surface area contributed by atoms with Gasteiger partial charge in [-0.3, -0.25) is 0 Å². The molecule has 0 N–H and O–H groups in total. The van der Waals surface area contributed by atoms with E-state index in [0.717, 1.165) is 48.6 Å². The number of pyridine rings is 1. The largest absolute Gasteiger partial charge is 0.462 e. The second-order valence-electron chi connectivity index (χ2n) is 6.52. The molecule has 4 rings (SSSR count). The Bertz CT molecular complexity index is 971. The Hall–Kier alpha value is -3.23. The average molecular weight is 421 g/mol. The van der Waals surface area contributed by atoms with Crippen LogP contribution in [-0.4, -0.2) is 41.9 Å². The molecule has 0 unspecified atom stereocenters. The third kappa shape index (κ3) is 5.43. The Morgan fingerprint density at radius 2 is 1.87 bits per heavy atom. The van der Waals surface area contributed by atoms with Crippen LogP contribution in [0.5, 0.6) is 5.75 Å². The van der Waals surface area contributed by atoms with Crippen molar-refractivity contribution >= 4 is 17.2 Å². The SMILES string of the molecule is CCOC(=O)c1cnn2ccc(N3CCCC3)cc12.Fc1ccc(OC(F)F)cc1. The van der Waals surface area contributed by atoms with Crippen molar-refractivity contribution in [2.45, 2.75) is 26.4 Å². The maximum atomic E-state index is 12.2. The summed E-state index contributed by atoms with van der Waals surface area (Å²) < 4.78 is 45.9. The van der Waals surface area contributed by atoms with E-state index >= 15 is 0 Å². The van der Waals surface area contributed by atoms with Gasteiger partial charge in [-0.15, -0.1) is 0 Å². The van der Waals surface area contributed by atoms with E-state index in [9.17, 15) is 18.0 Å². The van der Waals surface area contributed by atoms with Gasteiger partial charge in [0, 0.05) is 25.0 Å². The van der Waals surface area contributed by atoms with Crippen LogP contribution in [0.1, 0.15) is 30.1 Å². The zero-order chi connectivity index (χ0) is 21.5. The molecule has 0 atom stereocenters. The molecule has 9 heteroatoms. The Kier molecular flexibility index (Phi) is 7.16. The van der Waals surface area contributed by atoms with Crippen LogP contribution in [0.15, 0.2) is 48.8 Å². The number of nitrogens with zero attached hydrogens (tertiary/aromatic N) is 3. The zero-order valence-corrected chi connectivity index (χ0v) is 16.4. The summed E-state index contributed by atoms with van der Waals surface area (Å²) in [6.07, 6.45) is 5.93. The molecule has 1 aromatic carbocycles. The minimum Gasteiger partial charge on any atom is -0.462 e. The Morgan fingerprint density at radius 1 is 1.17 bits per heavy atom. The number of rotatable bonds is 5. The van der Waals surface area contributed by atoms with Crippen LogP contribution in [0.4, 0.5) is 18.9 Å². The number of alkyl halides is 2. The number of benzene rings is 1. The predicted octanol–water partition coefficient (Wildman–Crippen LogP) is 4.54. The van der Waals surface area contributed by atoms with Gasteiger partial charge in [0.2, 0.25) is 0 Å². The van der Waals surface area contributed by atoms with E-state index in [1.165, 1.54) is 12.8 Å². The van der Waals surface area contributed by atoms with E-state index in [1.807, 2.05) is 18.3 Å². The normalized spacial score (nSPS) is 13.3. The summed E-state index contributed by atoms with van der Waals surface area (Å²) in [6, 6.07) is 8.45. The van der Waals surface area contributed by atoms with E-state index in [-0.39, 0.29) is 11.7 Å². The Balaban J connectivity index is 0.000000199. The second-order valence-corrected chi connectivity index (χ2v) is 6.52. The highest BCUT2D eigenvalue weighted by molar-refractivity contribution is 5.97. The smallest absolute Gasteiger partial charge is 0.387 e. The quantitative estimate of drug-likeness (QED) is 0.567. The van der Waals surface area contributed by atoms with Crippen molar-refractivity contribution in [3.05, 3.63) is 60.2 Å². The summed E-state index contributed by atoms with van der Waals surface area (Å²) in [5.41, 5.74) is 2.49. The van der Waals surface area contributed by atoms with Gasteiger partial charge in [-0.05, 0) is 56.2 Å². The number of aromatic nitrogens is 2. The van der Waals surface area contributed by atoms with Crippen molar-refractivity contribution in [2.75, 3.05) is 24.6 Å².